The van der Waals surface area contributed by atoms with E-state index in [0.717, 1.165) is 47.5 Å². The molecule has 5 nitrogen and oxygen atoms in total. The van der Waals surface area contributed by atoms with Crippen molar-refractivity contribution in [1.29, 1.82) is 0 Å². The minimum Gasteiger partial charge on any atom is -0.300 e. The quantitative estimate of drug-likeness (QED) is 0.570. The average Bonchev–Trinajstić information content (AvgIpc) is 3.17. The lowest BCUT2D eigenvalue weighted by Gasteiger charge is -2.07. The topological polar surface area (TPSA) is 48.5 Å². The van der Waals surface area contributed by atoms with E-state index in [1.165, 1.54) is 18.5 Å². The van der Waals surface area contributed by atoms with Crippen LogP contribution in [0.5, 0.6) is 0 Å². The van der Waals surface area contributed by atoms with Gasteiger partial charge in [0, 0.05) is 12.0 Å². The minimum absolute atomic E-state index is 0.730. The Morgan fingerprint density at radius 3 is 2.95 bits per heavy atom. The number of imidazole rings is 1. The minimum atomic E-state index is 0.730. The summed E-state index contributed by atoms with van der Waals surface area (Å²) in [5.74, 6) is 2.77. The van der Waals surface area contributed by atoms with E-state index in [0.29, 0.717) is 0 Å². The Labute approximate surface area is 128 Å². The second kappa shape index (κ2) is 4.29. The zero-order chi connectivity index (χ0) is 14.7. The van der Waals surface area contributed by atoms with Crippen molar-refractivity contribution >= 4 is 0 Å². The van der Waals surface area contributed by atoms with Crippen LogP contribution in [0.25, 0.3) is 17.1 Å². The molecule has 1 aromatic carbocycles. The fourth-order valence-corrected chi connectivity index (χ4v) is 3.24. The lowest BCUT2D eigenvalue weighted by atomic mass is 10.1. The number of para-hydroxylation sites is 1. The summed E-state index contributed by atoms with van der Waals surface area (Å²) in [6, 6.07) is 8.38. The number of hydrogen-bond acceptors (Lipinski definition) is 3. The molecule has 0 N–H and O–H groups in total. The Hall–Kier alpha value is -2.43. The van der Waals surface area contributed by atoms with Crippen LogP contribution in [-0.4, -0.2) is 24.3 Å². The van der Waals surface area contributed by atoms with Crippen LogP contribution in [0.4, 0.5) is 0 Å². The van der Waals surface area contributed by atoms with E-state index in [9.17, 15) is 0 Å². The van der Waals surface area contributed by atoms with Gasteiger partial charge in [0.25, 0.3) is 0 Å². The maximum absolute atomic E-state index is 4.84. The molecule has 0 bridgehead atoms. The molecule has 0 saturated heterocycles. The largest absolute Gasteiger partial charge is 0.300 e. The van der Waals surface area contributed by atoms with Crippen molar-refractivity contribution in [2.75, 3.05) is 0 Å². The fraction of sp³-hybridized carbons (Fsp3) is 0.353. The molecular formula is C17H17N5. The van der Waals surface area contributed by atoms with E-state index < -0.39 is 0 Å². The van der Waals surface area contributed by atoms with Gasteiger partial charge in [-0.15, -0.1) is 0 Å². The zero-order valence-corrected chi connectivity index (χ0v) is 12.5. The summed E-state index contributed by atoms with van der Waals surface area (Å²) in [6.45, 7) is 2.79. The first-order valence-corrected chi connectivity index (χ1v) is 7.86. The molecular weight excluding hydrogens is 274 g/mol. The summed E-state index contributed by atoms with van der Waals surface area (Å²) < 4.78 is 4.21. The van der Waals surface area contributed by atoms with Gasteiger partial charge in [-0.2, -0.15) is 5.10 Å². The second-order valence-corrected chi connectivity index (χ2v) is 6.32. The van der Waals surface area contributed by atoms with Crippen molar-refractivity contribution in [3.05, 3.63) is 47.8 Å². The highest BCUT2D eigenvalue weighted by atomic mass is 15.4. The normalized spacial score (nSPS) is 15.9. The molecule has 5 heteroatoms. The molecule has 0 unspecified atom stereocenters. The van der Waals surface area contributed by atoms with Crippen LogP contribution in [0.15, 0.2) is 30.6 Å². The van der Waals surface area contributed by atoms with Crippen molar-refractivity contribution in [2.45, 2.75) is 32.7 Å². The Balaban J connectivity index is 1.73. The highest BCUT2D eigenvalue weighted by Gasteiger charge is 2.27. The van der Waals surface area contributed by atoms with Gasteiger partial charge in [-0.1, -0.05) is 12.1 Å². The molecule has 0 atom stereocenters. The first kappa shape index (κ1) is 12.1. The number of nitrogens with zero attached hydrogens (tertiary/aromatic N) is 5. The van der Waals surface area contributed by atoms with Crippen LogP contribution in [0.3, 0.4) is 0 Å². The number of benzene rings is 1. The summed E-state index contributed by atoms with van der Waals surface area (Å²) in [7, 11) is 0. The first-order chi connectivity index (χ1) is 10.8. The van der Waals surface area contributed by atoms with Gasteiger partial charge < -0.3 is 4.57 Å². The highest BCUT2D eigenvalue weighted by Crippen LogP contribution is 2.34. The van der Waals surface area contributed by atoms with Gasteiger partial charge in [-0.3, -0.25) is 0 Å². The van der Waals surface area contributed by atoms with Gasteiger partial charge in [0.05, 0.1) is 29.9 Å². The smallest absolute Gasteiger partial charge is 0.160 e. The Morgan fingerprint density at radius 2 is 2.09 bits per heavy atom. The number of aromatic nitrogens is 5. The van der Waals surface area contributed by atoms with Gasteiger partial charge in [0.2, 0.25) is 0 Å². The molecule has 1 fully saturated rings. The van der Waals surface area contributed by atoms with Gasteiger partial charge >= 0.3 is 0 Å². The van der Waals surface area contributed by atoms with Crippen molar-refractivity contribution in [3.8, 4) is 17.1 Å². The average molecular weight is 291 g/mol. The number of rotatable bonds is 2. The van der Waals surface area contributed by atoms with Crippen molar-refractivity contribution in [1.82, 2.24) is 24.3 Å². The van der Waals surface area contributed by atoms with Crippen LogP contribution in [0, 0.1) is 12.8 Å². The summed E-state index contributed by atoms with van der Waals surface area (Å²) in [6.07, 6.45) is 5.57. The van der Waals surface area contributed by atoms with E-state index >= 15 is 0 Å². The van der Waals surface area contributed by atoms with Crippen LogP contribution in [0.2, 0.25) is 0 Å². The third kappa shape index (κ3) is 1.75. The van der Waals surface area contributed by atoms with Gasteiger partial charge in [0.1, 0.15) is 0 Å². The molecule has 22 heavy (non-hydrogen) atoms. The predicted molar refractivity (Wildman–Crippen MR) is 82.8 cm³/mol. The standard InChI is InChI=1S/C17H17N5/c1-11-15-9-22-17(19-16(20-22)8-12-6-7-12)13-4-2-3-5-14(13)21(15)10-18-11/h2-5,10,12H,6-9H2,1H3. The Bertz CT molecular complexity index is 869. The van der Waals surface area contributed by atoms with Gasteiger partial charge in [0.15, 0.2) is 11.6 Å². The summed E-state index contributed by atoms with van der Waals surface area (Å²) in [5.41, 5.74) is 4.52. The number of fused-ring (bicyclic) bond motifs is 5. The number of aryl methyl sites for hydroxylation is 1. The molecule has 2 aromatic heterocycles. The highest BCUT2D eigenvalue weighted by molar-refractivity contribution is 5.69. The molecule has 110 valence electrons. The van der Waals surface area contributed by atoms with E-state index in [2.05, 4.69) is 40.7 Å². The van der Waals surface area contributed by atoms with Crippen LogP contribution < -0.4 is 0 Å². The Morgan fingerprint density at radius 1 is 1.23 bits per heavy atom. The molecule has 1 aliphatic heterocycles. The van der Waals surface area contributed by atoms with Crippen LogP contribution in [0.1, 0.15) is 30.1 Å². The fourth-order valence-electron chi connectivity index (χ4n) is 3.24. The van der Waals surface area contributed by atoms with Crippen LogP contribution >= 0.6 is 0 Å². The molecule has 0 amide bonds. The van der Waals surface area contributed by atoms with E-state index in [-0.39, 0.29) is 0 Å². The van der Waals surface area contributed by atoms with Gasteiger partial charge in [-0.25, -0.2) is 14.6 Å². The predicted octanol–water partition coefficient (Wildman–Crippen LogP) is 2.75. The van der Waals surface area contributed by atoms with E-state index in [1.807, 2.05) is 11.0 Å². The number of hydrogen-bond donors (Lipinski definition) is 0. The summed E-state index contributed by atoms with van der Waals surface area (Å²) in [4.78, 5) is 9.32. The molecule has 0 spiro atoms. The molecule has 3 aromatic rings. The van der Waals surface area contributed by atoms with E-state index in [4.69, 9.17) is 10.1 Å². The van der Waals surface area contributed by atoms with Crippen molar-refractivity contribution in [3.63, 3.8) is 0 Å². The molecule has 5 rings (SSSR count). The van der Waals surface area contributed by atoms with Crippen LogP contribution in [-0.2, 0) is 13.0 Å². The Kier molecular flexibility index (Phi) is 2.37. The lowest BCUT2D eigenvalue weighted by molar-refractivity contribution is 0.651. The molecule has 1 aliphatic carbocycles. The van der Waals surface area contributed by atoms with Gasteiger partial charge in [-0.05, 0) is 37.8 Å². The van der Waals surface area contributed by atoms with Crippen molar-refractivity contribution in [2.24, 2.45) is 5.92 Å². The molecule has 3 heterocycles. The third-order valence-electron chi connectivity index (χ3n) is 4.66. The summed E-state index contributed by atoms with van der Waals surface area (Å²) >= 11 is 0. The van der Waals surface area contributed by atoms with E-state index in [1.54, 1.807) is 0 Å². The third-order valence-corrected chi connectivity index (χ3v) is 4.66. The first-order valence-electron chi connectivity index (χ1n) is 7.86. The SMILES string of the molecule is Cc1ncn2c1Cn1nc(CC3CC3)nc1-c1ccccc1-2. The zero-order valence-electron chi connectivity index (χ0n) is 12.5. The molecule has 2 aliphatic rings. The second-order valence-electron chi connectivity index (χ2n) is 6.32. The maximum atomic E-state index is 4.84. The summed E-state index contributed by atoms with van der Waals surface area (Å²) in [5, 5.41) is 4.77. The lowest BCUT2D eigenvalue weighted by Crippen LogP contribution is -2.06. The monoisotopic (exact) mass is 291 g/mol. The molecule has 0 radical (unpaired) electrons. The maximum Gasteiger partial charge on any atom is 0.160 e. The molecule has 1 saturated carbocycles. The van der Waals surface area contributed by atoms with Crippen molar-refractivity contribution < 1.29 is 0 Å².